The molecule has 0 aliphatic heterocycles. The standard InChI is InChI=1S/C23H29.C13H10.C5H5.2ClH.Hf/c1-14-9-16-11-17-10-15(2)21(23(6,7)8)13-19(17)18(16)12-20(14)22(3,4)5;1-3-7-12(8-4-1)11-13-9-5-2-6-10-13;1-2-4-5-3-1;;;/h9,12-13H,11H2,1-8H3;1-10H;1-3H,4H2;2*1H;. The largest absolute Gasteiger partial charge is 0.147 e. The predicted octanol–water partition coefficient (Wildman–Crippen LogP) is 10.7. The van der Waals surface area contributed by atoms with E-state index in [4.69, 9.17) is 0 Å². The Hall–Kier alpha value is -2.32. The van der Waals surface area contributed by atoms with Crippen LogP contribution in [0.4, 0.5) is 0 Å². The summed E-state index contributed by atoms with van der Waals surface area (Å²) >= 11 is -2.96. The van der Waals surface area contributed by atoms with E-state index < -0.39 is 21.0 Å². The van der Waals surface area contributed by atoms with Crippen LogP contribution in [0, 0.1) is 13.8 Å². The van der Waals surface area contributed by atoms with Crippen molar-refractivity contribution in [2.24, 2.45) is 0 Å². The van der Waals surface area contributed by atoms with Gasteiger partial charge in [-0.2, -0.15) is 0 Å². The van der Waals surface area contributed by atoms with E-state index in [0.29, 0.717) is 0 Å². The van der Waals surface area contributed by atoms with Crippen LogP contribution in [0.1, 0.15) is 92.5 Å². The molecule has 0 spiro atoms. The van der Waals surface area contributed by atoms with Gasteiger partial charge in [-0.3, -0.25) is 0 Å². The van der Waals surface area contributed by atoms with Gasteiger partial charge in [0.1, 0.15) is 0 Å². The van der Waals surface area contributed by atoms with Gasteiger partial charge in [0, 0.05) is 0 Å². The number of halogens is 2. The van der Waals surface area contributed by atoms with E-state index >= 15 is 0 Å². The maximum atomic E-state index is 2.58. The summed E-state index contributed by atoms with van der Waals surface area (Å²) in [5.74, 6) is 0. The van der Waals surface area contributed by atoms with Gasteiger partial charge in [-0.15, -0.1) is 24.8 Å². The summed E-state index contributed by atoms with van der Waals surface area (Å²) in [4.78, 5) is 0. The zero-order chi connectivity index (χ0) is 29.8. The Labute approximate surface area is 285 Å². The minimum absolute atomic E-state index is 0. The fourth-order valence-electron chi connectivity index (χ4n) is 7.28. The van der Waals surface area contributed by atoms with Crippen molar-refractivity contribution in [3.63, 3.8) is 0 Å². The van der Waals surface area contributed by atoms with Crippen LogP contribution in [-0.4, -0.2) is 3.26 Å². The second-order valence-corrected chi connectivity index (χ2v) is 22.9. The quantitative estimate of drug-likeness (QED) is 0.159. The number of allylic oxidation sites excluding steroid dienone is 4. The fraction of sp³-hybridized carbons (Fsp3) is 0.293. The van der Waals surface area contributed by atoms with Crippen LogP contribution in [0.3, 0.4) is 0 Å². The first-order valence-corrected chi connectivity index (χ1v) is 20.9. The van der Waals surface area contributed by atoms with E-state index in [0.717, 1.165) is 12.8 Å². The monoisotopic (exact) mass is 788 g/mol. The van der Waals surface area contributed by atoms with Crippen molar-refractivity contribution in [3.05, 3.63) is 145 Å². The molecule has 0 heterocycles. The van der Waals surface area contributed by atoms with Crippen LogP contribution in [0.25, 0.3) is 11.1 Å². The maximum absolute atomic E-state index is 2.96. The van der Waals surface area contributed by atoms with Crippen LogP contribution in [0.15, 0.2) is 100 Å². The molecule has 228 valence electrons. The van der Waals surface area contributed by atoms with Gasteiger partial charge in [-0.1, -0.05) is 0 Å². The number of hydrogen-bond acceptors (Lipinski definition) is 0. The first kappa shape index (κ1) is 34.6. The van der Waals surface area contributed by atoms with Crippen LogP contribution in [0.2, 0.25) is 0 Å². The zero-order valence-electron chi connectivity index (χ0n) is 27.5. The molecule has 0 amide bonds. The average molecular weight is 788 g/mol. The Morgan fingerprint density at radius 1 is 0.682 bits per heavy atom. The molecule has 44 heavy (non-hydrogen) atoms. The summed E-state index contributed by atoms with van der Waals surface area (Å²) in [6, 6.07) is 30.2. The number of fused-ring (bicyclic) bond motifs is 3. The van der Waals surface area contributed by atoms with E-state index in [1.165, 1.54) is 44.5 Å². The first-order valence-electron chi connectivity index (χ1n) is 15.5. The van der Waals surface area contributed by atoms with E-state index in [-0.39, 0.29) is 35.6 Å². The smallest absolute Gasteiger partial charge is 0.147 e. The van der Waals surface area contributed by atoms with Crippen molar-refractivity contribution in [1.82, 2.24) is 0 Å². The van der Waals surface area contributed by atoms with Crippen molar-refractivity contribution in [3.8, 4) is 11.1 Å². The van der Waals surface area contributed by atoms with E-state index in [2.05, 4.69) is 152 Å². The van der Waals surface area contributed by atoms with E-state index in [1.54, 1.807) is 21.0 Å². The normalized spacial score (nSPS) is 13.4. The average Bonchev–Trinajstić information content (AvgIpc) is 3.59. The molecule has 0 saturated heterocycles. The number of hydrogen-bond donors (Lipinski definition) is 0. The second kappa shape index (κ2) is 13.2. The second-order valence-electron chi connectivity index (χ2n) is 14.3. The molecule has 0 radical (unpaired) electrons. The molecule has 0 aromatic heterocycles. The summed E-state index contributed by atoms with van der Waals surface area (Å²) in [6.07, 6.45) is 9.30. The summed E-state index contributed by atoms with van der Waals surface area (Å²) in [5, 5.41) is 0. The molecule has 0 nitrogen and oxygen atoms in total. The maximum Gasteiger partial charge on any atom is -0.147 e. The fourth-order valence-corrected chi connectivity index (χ4v) is 19.6. The minimum atomic E-state index is -2.96. The first-order chi connectivity index (χ1) is 19.9. The zero-order valence-corrected chi connectivity index (χ0v) is 32.7. The molecule has 4 aromatic carbocycles. The van der Waals surface area contributed by atoms with Crippen LogP contribution >= 0.6 is 24.8 Å². The molecule has 0 atom stereocenters. The molecule has 2 aliphatic carbocycles. The molecule has 0 saturated carbocycles. The molecule has 0 N–H and O–H groups in total. The third-order valence-electron chi connectivity index (χ3n) is 9.14. The summed E-state index contributed by atoms with van der Waals surface area (Å²) < 4.78 is 5.04. The van der Waals surface area contributed by atoms with Gasteiger partial charge in [0.05, 0.1) is 0 Å². The van der Waals surface area contributed by atoms with Gasteiger partial charge in [0.25, 0.3) is 0 Å². The summed E-state index contributed by atoms with van der Waals surface area (Å²) in [6.45, 7) is 19.0. The molecule has 2 aliphatic rings. The van der Waals surface area contributed by atoms with Crippen molar-refractivity contribution in [1.29, 1.82) is 0 Å². The summed E-state index contributed by atoms with van der Waals surface area (Å²) in [5.41, 5.74) is 15.0. The van der Waals surface area contributed by atoms with Crippen LogP contribution in [0.5, 0.6) is 0 Å². The molecule has 0 bridgehead atoms. The van der Waals surface area contributed by atoms with Gasteiger partial charge in [0.2, 0.25) is 0 Å². The van der Waals surface area contributed by atoms with Crippen LogP contribution in [-0.2, 0) is 38.2 Å². The SMILES string of the molecule is Cc1cc2c(cc1C(C)(C)C)-c1cc(C(C)(C)C)c(C)[c]([Hf]([C]3=CC=CC3)=[C](c3ccccc3)c3ccccc3)c1C2.Cl.Cl. The number of rotatable bonds is 4. The van der Waals surface area contributed by atoms with E-state index in [9.17, 15) is 0 Å². The number of aryl methyl sites for hydroxylation is 1. The van der Waals surface area contributed by atoms with Crippen molar-refractivity contribution >= 4 is 31.4 Å². The topological polar surface area (TPSA) is 0 Å². The van der Waals surface area contributed by atoms with Gasteiger partial charge in [-0.05, 0) is 0 Å². The van der Waals surface area contributed by atoms with Crippen molar-refractivity contribution < 1.29 is 21.0 Å². The summed E-state index contributed by atoms with van der Waals surface area (Å²) in [7, 11) is 0. The molecular weight excluding hydrogens is 742 g/mol. The van der Waals surface area contributed by atoms with Gasteiger partial charge in [0.15, 0.2) is 0 Å². The Kier molecular flexibility index (Phi) is 10.4. The van der Waals surface area contributed by atoms with Gasteiger partial charge in [-0.25, -0.2) is 0 Å². The Balaban J connectivity index is 0.00000221. The Morgan fingerprint density at radius 2 is 1.23 bits per heavy atom. The third kappa shape index (κ3) is 6.35. The number of benzene rings is 4. The van der Waals surface area contributed by atoms with Crippen LogP contribution < -0.4 is 3.32 Å². The Bertz CT molecular complexity index is 1740. The molecule has 6 rings (SSSR count). The molecule has 3 heteroatoms. The van der Waals surface area contributed by atoms with Gasteiger partial charge >= 0.3 is 263 Å². The minimum Gasteiger partial charge on any atom is -0.147 e. The van der Waals surface area contributed by atoms with Crippen molar-refractivity contribution in [2.45, 2.75) is 79.1 Å². The van der Waals surface area contributed by atoms with Crippen molar-refractivity contribution in [2.75, 3.05) is 0 Å². The molecule has 0 unspecified atom stereocenters. The Morgan fingerprint density at radius 3 is 1.73 bits per heavy atom. The molecule has 0 fully saturated rings. The molecular formula is C41H46Cl2Hf. The third-order valence-corrected chi connectivity index (χ3v) is 20.9. The van der Waals surface area contributed by atoms with Gasteiger partial charge < -0.3 is 0 Å². The van der Waals surface area contributed by atoms with E-state index in [1.807, 2.05) is 0 Å². The molecule has 4 aromatic rings. The predicted molar refractivity (Wildman–Crippen MR) is 194 cm³/mol.